The van der Waals surface area contributed by atoms with Crippen LogP contribution in [0, 0.1) is 25.1 Å². The standard InChI is InChI=1S/C29H34FN3O3.C5H12O/c1-19-23(17-27(34)35)28(33-14-12-29(3,4)13-15-33)24(18-31-19)25-9-10-26(20(2)32-25)36-16-11-21-5-7-22(30)8-6-21;1-4-5(2,3)6/h5-10,18H,11-17H2,1-4H3,(H,34,35);6H,4H2,1-3H3. The number of aromatic nitrogens is 2. The first kappa shape index (κ1) is 33.0. The number of carbonyl (C=O) groups is 1. The SMILES string of the molecule is CCC(C)(C)O.Cc1nc(-c2cnc(C)c(CC(=O)O)c2N2CCC(C)(C)CC2)ccc1OCCc1ccc(F)cc1. The Morgan fingerprint density at radius 1 is 1.07 bits per heavy atom. The van der Waals surface area contributed by atoms with E-state index < -0.39 is 11.6 Å². The molecule has 2 aromatic heterocycles. The fourth-order valence-corrected chi connectivity index (χ4v) is 4.66. The van der Waals surface area contributed by atoms with Crippen LogP contribution >= 0.6 is 0 Å². The van der Waals surface area contributed by atoms with E-state index in [0.717, 1.165) is 71.8 Å². The molecular weight excluding hydrogens is 533 g/mol. The van der Waals surface area contributed by atoms with E-state index in [9.17, 15) is 14.3 Å². The maximum Gasteiger partial charge on any atom is 0.307 e. The minimum Gasteiger partial charge on any atom is -0.491 e. The maximum absolute atomic E-state index is 13.1. The molecule has 7 nitrogen and oxygen atoms in total. The van der Waals surface area contributed by atoms with E-state index in [4.69, 9.17) is 14.8 Å². The summed E-state index contributed by atoms with van der Waals surface area (Å²) in [6, 6.07) is 10.2. The van der Waals surface area contributed by atoms with Crippen LogP contribution in [-0.4, -0.2) is 51.4 Å². The molecule has 1 aliphatic heterocycles. The average molecular weight is 580 g/mol. The Morgan fingerprint density at radius 3 is 2.24 bits per heavy atom. The molecule has 0 amide bonds. The van der Waals surface area contributed by atoms with Crippen molar-refractivity contribution in [3.63, 3.8) is 0 Å². The number of ether oxygens (including phenoxy) is 1. The number of aryl methyl sites for hydroxylation is 2. The third kappa shape index (κ3) is 9.51. The Morgan fingerprint density at radius 2 is 1.69 bits per heavy atom. The molecule has 0 spiro atoms. The minimum atomic E-state index is -0.871. The molecule has 8 heteroatoms. The zero-order valence-corrected chi connectivity index (χ0v) is 26.1. The first-order chi connectivity index (χ1) is 19.7. The summed E-state index contributed by atoms with van der Waals surface area (Å²) >= 11 is 0. The van der Waals surface area contributed by atoms with Gasteiger partial charge >= 0.3 is 5.97 Å². The highest BCUT2D eigenvalue weighted by molar-refractivity contribution is 5.83. The molecule has 0 unspecified atom stereocenters. The molecule has 1 aliphatic rings. The summed E-state index contributed by atoms with van der Waals surface area (Å²) in [7, 11) is 0. The lowest BCUT2D eigenvalue weighted by molar-refractivity contribution is -0.136. The van der Waals surface area contributed by atoms with Crippen molar-refractivity contribution in [1.29, 1.82) is 0 Å². The number of halogens is 1. The predicted octanol–water partition coefficient (Wildman–Crippen LogP) is 6.94. The molecule has 0 aliphatic carbocycles. The highest BCUT2D eigenvalue weighted by atomic mass is 19.1. The van der Waals surface area contributed by atoms with Crippen molar-refractivity contribution in [3.05, 3.63) is 70.9 Å². The van der Waals surface area contributed by atoms with Gasteiger partial charge in [0.05, 0.1) is 35.7 Å². The number of benzene rings is 1. The number of anilines is 1. The number of aliphatic hydroxyl groups is 1. The molecule has 228 valence electrons. The van der Waals surface area contributed by atoms with Crippen molar-refractivity contribution in [3.8, 4) is 17.0 Å². The molecule has 0 bridgehead atoms. The Balaban J connectivity index is 0.000000730. The number of nitrogens with zero attached hydrogens (tertiary/aromatic N) is 3. The summed E-state index contributed by atoms with van der Waals surface area (Å²) in [6.45, 7) is 16.1. The van der Waals surface area contributed by atoms with Crippen LogP contribution in [-0.2, 0) is 17.6 Å². The second-order valence-electron chi connectivity index (χ2n) is 12.5. The van der Waals surface area contributed by atoms with Gasteiger partial charge in [0.1, 0.15) is 11.6 Å². The lowest BCUT2D eigenvalue weighted by atomic mass is 9.82. The Kier molecular flexibility index (Phi) is 11.1. The van der Waals surface area contributed by atoms with E-state index in [1.807, 2.05) is 39.1 Å². The Hall–Kier alpha value is -3.52. The van der Waals surface area contributed by atoms with E-state index in [0.29, 0.717) is 18.8 Å². The van der Waals surface area contributed by atoms with Gasteiger partial charge in [0.25, 0.3) is 0 Å². The molecule has 3 heterocycles. The Labute approximate surface area is 249 Å². The molecule has 1 aromatic carbocycles. The van der Waals surface area contributed by atoms with Crippen LogP contribution in [0.1, 0.15) is 76.4 Å². The van der Waals surface area contributed by atoms with Crippen LogP contribution in [0.4, 0.5) is 10.1 Å². The monoisotopic (exact) mass is 579 g/mol. The van der Waals surface area contributed by atoms with E-state index >= 15 is 0 Å². The molecule has 3 aromatic rings. The van der Waals surface area contributed by atoms with Crippen molar-refractivity contribution in [1.82, 2.24) is 9.97 Å². The lowest BCUT2D eigenvalue weighted by Gasteiger charge is -2.40. The summed E-state index contributed by atoms with van der Waals surface area (Å²) < 4.78 is 19.1. The van der Waals surface area contributed by atoms with Gasteiger partial charge in [-0.15, -0.1) is 0 Å². The summed E-state index contributed by atoms with van der Waals surface area (Å²) in [4.78, 5) is 23.4. The summed E-state index contributed by atoms with van der Waals surface area (Å²) in [6.07, 6.45) is 5.30. The molecule has 42 heavy (non-hydrogen) atoms. The molecular formula is C34H46FN3O4. The first-order valence-electron chi connectivity index (χ1n) is 14.7. The highest BCUT2D eigenvalue weighted by Gasteiger charge is 2.29. The maximum atomic E-state index is 13.1. The second-order valence-corrected chi connectivity index (χ2v) is 12.5. The lowest BCUT2D eigenvalue weighted by Crippen LogP contribution is -2.38. The van der Waals surface area contributed by atoms with Crippen molar-refractivity contribution in [2.24, 2.45) is 5.41 Å². The number of carboxylic acids is 1. The quantitative estimate of drug-likeness (QED) is 0.283. The van der Waals surface area contributed by atoms with Crippen molar-refractivity contribution in [2.75, 3.05) is 24.6 Å². The summed E-state index contributed by atoms with van der Waals surface area (Å²) in [5, 5.41) is 18.4. The number of piperidine rings is 1. The number of carboxylic acid groups (broad SMARTS) is 1. The smallest absolute Gasteiger partial charge is 0.307 e. The number of hydrogen-bond acceptors (Lipinski definition) is 6. The van der Waals surface area contributed by atoms with Crippen LogP contribution in [0.25, 0.3) is 11.3 Å². The number of rotatable bonds is 9. The number of pyridine rings is 2. The van der Waals surface area contributed by atoms with Gasteiger partial charge in [0, 0.05) is 42.5 Å². The number of aliphatic carboxylic acids is 1. The van der Waals surface area contributed by atoms with E-state index in [2.05, 4.69) is 23.7 Å². The van der Waals surface area contributed by atoms with Crippen LogP contribution < -0.4 is 9.64 Å². The molecule has 2 N–H and O–H groups in total. The molecule has 0 atom stereocenters. The van der Waals surface area contributed by atoms with Crippen LogP contribution in [0.2, 0.25) is 0 Å². The minimum absolute atomic E-state index is 0.0779. The fourth-order valence-electron chi connectivity index (χ4n) is 4.66. The average Bonchev–Trinajstić information content (AvgIpc) is 2.92. The van der Waals surface area contributed by atoms with Gasteiger partial charge in [-0.2, -0.15) is 0 Å². The molecule has 4 rings (SSSR count). The van der Waals surface area contributed by atoms with Crippen LogP contribution in [0.15, 0.2) is 42.6 Å². The van der Waals surface area contributed by atoms with Gasteiger partial charge in [0.15, 0.2) is 0 Å². The summed E-state index contributed by atoms with van der Waals surface area (Å²) in [5.74, 6) is -0.433. The Bertz CT molecular complexity index is 1340. The van der Waals surface area contributed by atoms with Gasteiger partial charge in [-0.3, -0.25) is 9.78 Å². The van der Waals surface area contributed by atoms with Crippen molar-refractivity contribution < 1.29 is 24.1 Å². The zero-order chi connectivity index (χ0) is 31.1. The van der Waals surface area contributed by atoms with E-state index in [-0.39, 0.29) is 17.7 Å². The molecule has 1 saturated heterocycles. The largest absolute Gasteiger partial charge is 0.491 e. The normalized spacial score (nSPS) is 14.6. The number of hydrogen-bond donors (Lipinski definition) is 2. The van der Waals surface area contributed by atoms with Crippen LogP contribution in [0.3, 0.4) is 0 Å². The van der Waals surface area contributed by atoms with Crippen LogP contribution in [0.5, 0.6) is 5.75 Å². The molecule has 1 fully saturated rings. The first-order valence-corrected chi connectivity index (χ1v) is 14.7. The zero-order valence-electron chi connectivity index (χ0n) is 26.1. The van der Waals surface area contributed by atoms with E-state index in [1.165, 1.54) is 12.1 Å². The van der Waals surface area contributed by atoms with Crippen molar-refractivity contribution >= 4 is 11.7 Å². The topological polar surface area (TPSA) is 95.8 Å². The fraction of sp³-hybridized carbons (Fsp3) is 0.500. The van der Waals surface area contributed by atoms with Gasteiger partial charge in [-0.05, 0) is 82.2 Å². The molecule has 0 saturated carbocycles. The van der Waals surface area contributed by atoms with Gasteiger partial charge in [-0.1, -0.05) is 32.9 Å². The third-order valence-corrected chi connectivity index (χ3v) is 7.87. The van der Waals surface area contributed by atoms with E-state index in [1.54, 1.807) is 26.0 Å². The second kappa shape index (κ2) is 14.1. The van der Waals surface area contributed by atoms with Gasteiger partial charge in [-0.25, -0.2) is 9.37 Å². The van der Waals surface area contributed by atoms with Crippen molar-refractivity contribution in [2.45, 2.75) is 86.2 Å². The molecule has 0 radical (unpaired) electrons. The summed E-state index contributed by atoms with van der Waals surface area (Å²) in [5.41, 5.74) is 5.57. The van der Waals surface area contributed by atoms with Gasteiger partial charge in [0.2, 0.25) is 0 Å². The highest BCUT2D eigenvalue weighted by Crippen LogP contribution is 2.39. The predicted molar refractivity (Wildman–Crippen MR) is 166 cm³/mol. The third-order valence-electron chi connectivity index (χ3n) is 7.87. The van der Waals surface area contributed by atoms with Gasteiger partial charge < -0.3 is 19.8 Å².